The fraction of sp³-hybridized carbons (Fsp3) is 1.00. The quantitative estimate of drug-likeness (QED) is 0.414. The van der Waals surface area contributed by atoms with E-state index in [1.807, 2.05) is 0 Å². The number of ether oxygens (including phenoxy) is 1. The Morgan fingerprint density at radius 3 is 2.75 bits per heavy atom. The van der Waals surface area contributed by atoms with Gasteiger partial charge < -0.3 is 9.64 Å². The third kappa shape index (κ3) is 0.446. The van der Waals surface area contributed by atoms with Crippen LogP contribution in [0.2, 0.25) is 0 Å². The molecule has 2 aliphatic heterocycles. The van der Waals surface area contributed by atoms with Crippen LogP contribution in [0.25, 0.3) is 0 Å². The van der Waals surface area contributed by atoms with E-state index in [1.54, 1.807) is 0 Å². The van der Waals surface area contributed by atoms with Crippen molar-refractivity contribution >= 4 is 0 Å². The molecule has 0 bridgehead atoms. The van der Waals surface area contributed by atoms with E-state index < -0.39 is 0 Å². The predicted octanol–water partition coefficient (Wildman–Crippen LogP) is 0.0893. The van der Waals surface area contributed by atoms with E-state index in [4.69, 9.17) is 4.74 Å². The SMILES string of the molecule is CN1CC2OC2(C)C1. The molecule has 0 aliphatic carbocycles. The number of likely N-dealkylation sites (N-methyl/N-ethyl adjacent to an activating group) is 1. The van der Waals surface area contributed by atoms with Gasteiger partial charge in [-0.05, 0) is 14.0 Å². The molecular formula is C6H11NO. The fourth-order valence-electron chi connectivity index (χ4n) is 1.54. The number of hydrogen-bond donors (Lipinski definition) is 0. The molecule has 2 atom stereocenters. The predicted molar refractivity (Wildman–Crippen MR) is 30.8 cm³/mol. The summed E-state index contributed by atoms with van der Waals surface area (Å²) in [6, 6.07) is 0. The topological polar surface area (TPSA) is 15.8 Å². The van der Waals surface area contributed by atoms with Gasteiger partial charge in [-0.25, -0.2) is 0 Å². The van der Waals surface area contributed by atoms with Crippen molar-refractivity contribution < 1.29 is 4.74 Å². The number of rotatable bonds is 0. The lowest BCUT2D eigenvalue weighted by molar-refractivity contribution is 0.193. The van der Waals surface area contributed by atoms with Crippen molar-refractivity contribution in [3.8, 4) is 0 Å². The van der Waals surface area contributed by atoms with Gasteiger partial charge in [-0.1, -0.05) is 0 Å². The first kappa shape index (κ1) is 4.77. The third-order valence-corrected chi connectivity index (χ3v) is 2.10. The maximum Gasteiger partial charge on any atom is 0.106 e. The van der Waals surface area contributed by atoms with Crippen LogP contribution in [0.1, 0.15) is 6.92 Å². The molecule has 0 aromatic heterocycles. The van der Waals surface area contributed by atoms with Crippen LogP contribution in [0.15, 0.2) is 0 Å². The third-order valence-electron chi connectivity index (χ3n) is 2.10. The molecule has 2 unspecified atom stereocenters. The summed E-state index contributed by atoms with van der Waals surface area (Å²) in [5.41, 5.74) is 0.259. The Kier molecular flexibility index (Phi) is 0.649. The first-order valence-corrected chi connectivity index (χ1v) is 3.07. The lowest BCUT2D eigenvalue weighted by Gasteiger charge is -2.09. The Bertz CT molecular complexity index is 126. The van der Waals surface area contributed by atoms with Gasteiger partial charge in [0.25, 0.3) is 0 Å². The van der Waals surface area contributed by atoms with Crippen molar-refractivity contribution in [1.82, 2.24) is 4.90 Å². The molecule has 0 spiro atoms. The number of likely N-dealkylation sites (tertiary alicyclic amines) is 1. The van der Waals surface area contributed by atoms with Gasteiger partial charge in [-0.2, -0.15) is 0 Å². The van der Waals surface area contributed by atoms with Gasteiger partial charge in [0.15, 0.2) is 0 Å². The second-order valence-electron chi connectivity index (χ2n) is 3.12. The largest absolute Gasteiger partial charge is 0.364 e. The van der Waals surface area contributed by atoms with Crippen LogP contribution in [0.4, 0.5) is 0 Å². The molecule has 2 heteroatoms. The summed E-state index contributed by atoms with van der Waals surface area (Å²) in [7, 11) is 2.14. The van der Waals surface area contributed by atoms with Crippen LogP contribution < -0.4 is 0 Å². The fourth-order valence-corrected chi connectivity index (χ4v) is 1.54. The average Bonchev–Trinajstić information content (AvgIpc) is 2.07. The number of epoxide rings is 1. The zero-order valence-corrected chi connectivity index (χ0v) is 5.35. The number of nitrogens with zero attached hydrogens (tertiary/aromatic N) is 1. The smallest absolute Gasteiger partial charge is 0.106 e. The van der Waals surface area contributed by atoms with Gasteiger partial charge in [-0.15, -0.1) is 0 Å². The molecule has 0 amide bonds. The Balaban J connectivity index is 2.10. The van der Waals surface area contributed by atoms with E-state index in [1.165, 1.54) is 0 Å². The Labute approximate surface area is 49.4 Å². The highest BCUT2D eigenvalue weighted by Gasteiger charge is 2.57. The summed E-state index contributed by atoms with van der Waals surface area (Å²) in [6.07, 6.45) is 0.562. The van der Waals surface area contributed by atoms with E-state index in [9.17, 15) is 0 Å². The first-order chi connectivity index (χ1) is 3.71. The Morgan fingerprint density at radius 1 is 1.75 bits per heavy atom. The van der Waals surface area contributed by atoms with Crippen molar-refractivity contribution in [2.24, 2.45) is 0 Å². The van der Waals surface area contributed by atoms with Gasteiger partial charge in [0.1, 0.15) is 11.7 Å². The first-order valence-electron chi connectivity index (χ1n) is 3.07. The van der Waals surface area contributed by atoms with Crippen LogP contribution in [0, 0.1) is 0 Å². The number of fused-ring (bicyclic) bond motifs is 1. The molecule has 0 N–H and O–H groups in total. The standard InChI is InChI=1S/C6H11NO/c1-6-4-7(2)3-5(6)8-6/h5H,3-4H2,1-2H3. The molecule has 2 nitrogen and oxygen atoms in total. The molecule has 0 aromatic rings. The number of hydrogen-bond acceptors (Lipinski definition) is 2. The lowest BCUT2D eigenvalue weighted by Crippen LogP contribution is -2.21. The molecule has 46 valence electrons. The average molecular weight is 113 g/mol. The van der Waals surface area contributed by atoms with Crippen LogP contribution in [0.5, 0.6) is 0 Å². The number of morpholine rings is 1. The summed E-state index contributed by atoms with van der Waals surface area (Å²) in [6.45, 7) is 4.44. The minimum atomic E-state index is 0.259. The highest BCUT2D eigenvalue weighted by molar-refractivity contribution is 5.07. The summed E-state index contributed by atoms with van der Waals surface area (Å²) >= 11 is 0. The summed E-state index contributed by atoms with van der Waals surface area (Å²) in [5.74, 6) is 0. The Morgan fingerprint density at radius 2 is 2.50 bits per heavy atom. The van der Waals surface area contributed by atoms with Crippen molar-refractivity contribution in [1.29, 1.82) is 0 Å². The highest BCUT2D eigenvalue weighted by atomic mass is 16.6. The van der Waals surface area contributed by atoms with Gasteiger partial charge in [0.05, 0.1) is 0 Å². The molecule has 2 saturated heterocycles. The van der Waals surface area contributed by atoms with Gasteiger partial charge in [0, 0.05) is 13.1 Å². The monoisotopic (exact) mass is 113 g/mol. The van der Waals surface area contributed by atoms with Crippen LogP contribution >= 0.6 is 0 Å². The van der Waals surface area contributed by atoms with Crippen molar-refractivity contribution in [2.45, 2.75) is 18.6 Å². The molecule has 0 aromatic carbocycles. The molecule has 0 saturated carbocycles. The summed E-state index contributed by atoms with van der Waals surface area (Å²) < 4.78 is 5.37. The van der Waals surface area contributed by atoms with E-state index in [-0.39, 0.29) is 5.60 Å². The van der Waals surface area contributed by atoms with Crippen LogP contribution in [-0.2, 0) is 4.74 Å². The van der Waals surface area contributed by atoms with Crippen LogP contribution in [0.3, 0.4) is 0 Å². The molecule has 8 heavy (non-hydrogen) atoms. The normalized spacial score (nSPS) is 54.0. The zero-order valence-electron chi connectivity index (χ0n) is 5.35. The molecular weight excluding hydrogens is 102 g/mol. The summed E-state index contributed by atoms with van der Waals surface area (Å²) in [5, 5.41) is 0. The molecule has 2 aliphatic rings. The van der Waals surface area contributed by atoms with E-state index in [0.29, 0.717) is 6.10 Å². The second kappa shape index (κ2) is 1.09. The minimum Gasteiger partial charge on any atom is -0.364 e. The molecule has 2 fully saturated rings. The van der Waals surface area contributed by atoms with Gasteiger partial charge in [0.2, 0.25) is 0 Å². The second-order valence-corrected chi connectivity index (χ2v) is 3.12. The van der Waals surface area contributed by atoms with Crippen LogP contribution in [-0.4, -0.2) is 36.7 Å². The highest BCUT2D eigenvalue weighted by Crippen LogP contribution is 2.41. The lowest BCUT2D eigenvalue weighted by atomic mass is 10.2. The van der Waals surface area contributed by atoms with E-state index in [2.05, 4.69) is 18.9 Å². The summed E-state index contributed by atoms with van der Waals surface area (Å²) in [4.78, 5) is 2.31. The molecule has 2 heterocycles. The molecule has 0 radical (unpaired) electrons. The zero-order chi connectivity index (χ0) is 5.78. The van der Waals surface area contributed by atoms with E-state index in [0.717, 1.165) is 13.1 Å². The maximum absolute atomic E-state index is 5.37. The van der Waals surface area contributed by atoms with Gasteiger partial charge in [-0.3, -0.25) is 0 Å². The molecule has 2 rings (SSSR count). The van der Waals surface area contributed by atoms with Crippen molar-refractivity contribution in [3.05, 3.63) is 0 Å². The van der Waals surface area contributed by atoms with Gasteiger partial charge >= 0.3 is 0 Å². The van der Waals surface area contributed by atoms with Crippen molar-refractivity contribution in [2.75, 3.05) is 20.1 Å². The Hall–Kier alpha value is -0.0800. The minimum absolute atomic E-state index is 0.259. The van der Waals surface area contributed by atoms with Crippen molar-refractivity contribution in [3.63, 3.8) is 0 Å². The van der Waals surface area contributed by atoms with E-state index >= 15 is 0 Å². The maximum atomic E-state index is 5.37.